The molecular formula is C16H18N2O3S. The van der Waals surface area contributed by atoms with Crippen molar-refractivity contribution >= 4 is 28.8 Å². The van der Waals surface area contributed by atoms with E-state index in [0.717, 1.165) is 10.4 Å². The van der Waals surface area contributed by atoms with Crippen molar-refractivity contribution in [3.05, 3.63) is 52.2 Å². The van der Waals surface area contributed by atoms with E-state index in [4.69, 9.17) is 0 Å². The molecular weight excluding hydrogens is 300 g/mol. The highest BCUT2D eigenvalue weighted by molar-refractivity contribution is 7.10. The number of aliphatic hydroxyl groups excluding tert-OH is 1. The normalized spacial score (nSPS) is 11.7. The third-order valence-corrected chi connectivity index (χ3v) is 4.06. The first-order chi connectivity index (χ1) is 10.6. The summed E-state index contributed by atoms with van der Waals surface area (Å²) >= 11 is 1.46. The van der Waals surface area contributed by atoms with Gasteiger partial charge in [0.25, 0.3) is 0 Å². The molecule has 0 saturated heterocycles. The minimum Gasteiger partial charge on any atom is -0.388 e. The highest BCUT2D eigenvalue weighted by atomic mass is 32.1. The third-order valence-electron chi connectivity index (χ3n) is 3.09. The number of benzene rings is 1. The van der Waals surface area contributed by atoms with Gasteiger partial charge in [0.2, 0.25) is 0 Å². The van der Waals surface area contributed by atoms with Crippen molar-refractivity contribution in [1.29, 1.82) is 0 Å². The minimum atomic E-state index is -0.713. The van der Waals surface area contributed by atoms with Crippen LogP contribution in [0.15, 0.2) is 41.8 Å². The summed E-state index contributed by atoms with van der Waals surface area (Å²) in [6.07, 6.45) is -0.259. The molecule has 3 N–H and O–H groups in total. The molecule has 2 rings (SSSR count). The van der Waals surface area contributed by atoms with Gasteiger partial charge < -0.3 is 15.7 Å². The van der Waals surface area contributed by atoms with E-state index in [0.29, 0.717) is 12.1 Å². The van der Waals surface area contributed by atoms with Crippen LogP contribution in [0.2, 0.25) is 0 Å². The molecule has 5 nitrogen and oxygen atoms in total. The minimum absolute atomic E-state index is 0.235. The summed E-state index contributed by atoms with van der Waals surface area (Å²) in [4.78, 5) is 24.2. The molecule has 116 valence electrons. The number of hydrogen-bond donors (Lipinski definition) is 3. The Morgan fingerprint density at radius 3 is 2.55 bits per heavy atom. The molecule has 0 bridgehead atoms. The molecule has 1 aromatic heterocycles. The first-order valence-corrected chi connectivity index (χ1v) is 7.81. The zero-order chi connectivity index (χ0) is 15.9. The van der Waals surface area contributed by atoms with Gasteiger partial charge in [0.05, 0.1) is 6.10 Å². The van der Waals surface area contributed by atoms with E-state index in [1.807, 2.05) is 36.6 Å². The Labute approximate surface area is 133 Å². The topological polar surface area (TPSA) is 78.4 Å². The van der Waals surface area contributed by atoms with Crippen LogP contribution in [0.3, 0.4) is 0 Å². The average molecular weight is 318 g/mol. The summed E-state index contributed by atoms with van der Waals surface area (Å²) in [6.45, 7) is 2.18. The predicted molar refractivity (Wildman–Crippen MR) is 86.7 cm³/mol. The SMILES string of the molecule is Cc1ccc(NC(=O)C(=O)NCCC(O)c2cccs2)cc1. The van der Waals surface area contributed by atoms with Crippen molar-refractivity contribution in [1.82, 2.24) is 5.32 Å². The first-order valence-electron chi connectivity index (χ1n) is 6.93. The van der Waals surface area contributed by atoms with Crippen LogP contribution in [0.5, 0.6) is 0 Å². The standard InChI is InChI=1S/C16H18N2O3S/c1-11-4-6-12(7-5-11)18-16(21)15(20)17-9-8-13(19)14-3-2-10-22-14/h2-7,10,13,19H,8-9H2,1H3,(H,17,20)(H,18,21). The Balaban J connectivity index is 1.74. The van der Waals surface area contributed by atoms with E-state index in [1.165, 1.54) is 11.3 Å². The van der Waals surface area contributed by atoms with E-state index >= 15 is 0 Å². The molecule has 1 aromatic carbocycles. The second kappa shape index (κ2) is 7.72. The first kappa shape index (κ1) is 16.2. The van der Waals surface area contributed by atoms with Gasteiger partial charge in [-0.05, 0) is 36.9 Å². The lowest BCUT2D eigenvalue weighted by molar-refractivity contribution is -0.136. The zero-order valence-corrected chi connectivity index (χ0v) is 13.0. The number of thiophene rings is 1. The highest BCUT2D eigenvalue weighted by Crippen LogP contribution is 2.20. The average Bonchev–Trinajstić information content (AvgIpc) is 3.03. The van der Waals surface area contributed by atoms with E-state index in [9.17, 15) is 14.7 Å². The third kappa shape index (κ3) is 4.68. The van der Waals surface area contributed by atoms with Crippen LogP contribution in [0.25, 0.3) is 0 Å². The molecule has 0 fully saturated rings. The Hall–Kier alpha value is -2.18. The van der Waals surface area contributed by atoms with E-state index in [2.05, 4.69) is 10.6 Å². The number of nitrogens with one attached hydrogen (secondary N) is 2. The van der Waals surface area contributed by atoms with Gasteiger partial charge in [0.1, 0.15) is 0 Å². The van der Waals surface area contributed by atoms with Gasteiger partial charge in [-0.3, -0.25) is 9.59 Å². The molecule has 6 heteroatoms. The fourth-order valence-electron chi connectivity index (χ4n) is 1.85. The maximum absolute atomic E-state index is 11.7. The van der Waals surface area contributed by atoms with Crippen LogP contribution < -0.4 is 10.6 Å². The largest absolute Gasteiger partial charge is 0.388 e. The Morgan fingerprint density at radius 1 is 1.18 bits per heavy atom. The number of amides is 2. The van der Waals surface area contributed by atoms with Crippen LogP contribution in [0, 0.1) is 6.92 Å². The molecule has 0 saturated carbocycles. The Kier molecular flexibility index (Phi) is 5.68. The molecule has 0 radical (unpaired) electrons. The molecule has 1 unspecified atom stereocenters. The van der Waals surface area contributed by atoms with Crippen molar-refractivity contribution in [3.8, 4) is 0 Å². The van der Waals surface area contributed by atoms with Crippen molar-refractivity contribution in [2.24, 2.45) is 0 Å². The molecule has 1 atom stereocenters. The zero-order valence-electron chi connectivity index (χ0n) is 12.2. The van der Waals surface area contributed by atoms with E-state index in [-0.39, 0.29) is 6.54 Å². The van der Waals surface area contributed by atoms with Gasteiger partial charge in [-0.2, -0.15) is 0 Å². The second-order valence-electron chi connectivity index (χ2n) is 4.90. The summed E-state index contributed by atoms with van der Waals surface area (Å²) in [7, 11) is 0. The van der Waals surface area contributed by atoms with Gasteiger partial charge in [0, 0.05) is 17.1 Å². The predicted octanol–water partition coefficient (Wildman–Crippen LogP) is 2.23. The maximum Gasteiger partial charge on any atom is 0.313 e. The fraction of sp³-hybridized carbons (Fsp3) is 0.250. The molecule has 1 heterocycles. The Morgan fingerprint density at radius 2 is 1.91 bits per heavy atom. The number of carbonyl (C=O) groups is 2. The smallest absolute Gasteiger partial charge is 0.313 e. The van der Waals surface area contributed by atoms with Crippen molar-refractivity contribution < 1.29 is 14.7 Å². The molecule has 0 aliphatic carbocycles. The van der Waals surface area contributed by atoms with Gasteiger partial charge in [0.15, 0.2) is 0 Å². The van der Waals surface area contributed by atoms with Crippen LogP contribution >= 0.6 is 11.3 Å². The summed E-state index contributed by atoms with van der Waals surface area (Å²) < 4.78 is 0. The summed E-state index contributed by atoms with van der Waals surface area (Å²) in [6, 6.07) is 10.9. The number of aliphatic hydroxyl groups is 1. The van der Waals surface area contributed by atoms with Gasteiger partial charge in [-0.25, -0.2) is 0 Å². The number of rotatable bonds is 5. The van der Waals surface area contributed by atoms with Gasteiger partial charge in [-0.15, -0.1) is 11.3 Å². The number of hydrogen-bond acceptors (Lipinski definition) is 4. The molecule has 0 aliphatic rings. The van der Waals surface area contributed by atoms with Crippen LogP contribution in [-0.4, -0.2) is 23.5 Å². The van der Waals surface area contributed by atoms with Crippen molar-refractivity contribution in [2.75, 3.05) is 11.9 Å². The molecule has 0 aliphatic heterocycles. The number of carbonyl (C=O) groups excluding carboxylic acids is 2. The van der Waals surface area contributed by atoms with E-state index in [1.54, 1.807) is 12.1 Å². The lowest BCUT2D eigenvalue weighted by Crippen LogP contribution is -2.36. The van der Waals surface area contributed by atoms with Crippen molar-refractivity contribution in [3.63, 3.8) is 0 Å². The lowest BCUT2D eigenvalue weighted by Gasteiger charge is -2.10. The molecule has 2 aromatic rings. The van der Waals surface area contributed by atoms with E-state index < -0.39 is 17.9 Å². The quantitative estimate of drug-likeness (QED) is 0.740. The molecule has 22 heavy (non-hydrogen) atoms. The molecule has 0 spiro atoms. The van der Waals surface area contributed by atoms with Crippen LogP contribution in [0.1, 0.15) is 23.0 Å². The number of anilines is 1. The van der Waals surface area contributed by atoms with Gasteiger partial charge in [-0.1, -0.05) is 23.8 Å². The lowest BCUT2D eigenvalue weighted by atomic mass is 10.2. The number of aryl methyl sites for hydroxylation is 1. The summed E-state index contributed by atoms with van der Waals surface area (Å²) in [5.74, 6) is -1.42. The summed E-state index contributed by atoms with van der Waals surface area (Å²) in [5, 5.41) is 16.8. The fourth-order valence-corrected chi connectivity index (χ4v) is 2.60. The second-order valence-corrected chi connectivity index (χ2v) is 5.88. The van der Waals surface area contributed by atoms with Gasteiger partial charge >= 0.3 is 11.8 Å². The molecule has 2 amide bonds. The van der Waals surface area contributed by atoms with Crippen LogP contribution in [0.4, 0.5) is 5.69 Å². The Bertz CT molecular complexity index is 623. The summed E-state index contributed by atoms with van der Waals surface area (Å²) in [5.41, 5.74) is 1.65. The monoisotopic (exact) mass is 318 g/mol. The highest BCUT2D eigenvalue weighted by Gasteiger charge is 2.14. The maximum atomic E-state index is 11.7. The van der Waals surface area contributed by atoms with Crippen molar-refractivity contribution in [2.45, 2.75) is 19.4 Å². The van der Waals surface area contributed by atoms with Crippen LogP contribution in [-0.2, 0) is 9.59 Å².